The van der Waals surface area contributed by atoms with Gasteiger partial charge in [0.1, 0.15) is 11.2 Å². The fourth-order valence-electron chi connectivity index (χ4n) is 2.74. The van der Waals surface area contributed by atoms with Gasteiger partial charge in [-0.15, -0.1) is 0 Å². The largest absolute Gasteiger partial charge is 0.526 e. The zero-order chi connectivity index (χ0) is 17.6. The predicted octanol–water partition coefficient (Wildman–Crippen LogP) is 3.71. The zero-order valence-electron chi connectivity index (χ0n) is 14.3. The predicted molar refractivity (Wildman–Crippen MR) is 102 cm³/mol. The minimum absolute atomic E-state index is 0.154. The first-order valence-corrected chi connectivity index (χ1v) is 8.66. The highest BCUT2D eigenvalue weighted by Crippen LogP contribution is 2.25. The maximum absolute atomic E-state index is 9.21. The number of hydrogen-bond acceptors (Lipinski definition) is 3. The molecular weight excluding hydrogens is 311 g/mol. The summed E-state index contributed by atoms with van der Waals surface area (Å²) in [7, 11) is -1.59. The molecular formula is C21H21BO3. The van der Waals surface area contributed by atoms with Crippen LogP contribution in [0.4, 0.5) is 0 Å². The first-order valence-electron chi connectivity index (χ1n) is 8.66. The SMILES string of the molecule is CCCCCC#Cc1ccc(-c2ccc3oc(B(O)O)cc3c2)cc1. The molecule has 2 N–H and O–H groups in total. The molecule has 1 aromatic heterocycles. The third kappa shape index (κ3) is 4.33. The molecule has 3 nitrogen and oxygen atoms in total. The van der Waals surface area contributed by atoms with Crippen molar-refractivity contribution in [2.45, 2.75) is 32.6 Å². The Balaban J connectivity index is 1.76. The third-order valence-electron chi connectivity index (χ3n) is 4.15. The average Bonchev–Trinajstić information content (AvgIpc) is 3.06. The Bertz CT molecular complexity index is 898. The molecule has 0 saturated carbocycles. The maximum Gasteiger partial charge on any atom is 0.526 e. The first-order chi connectivity index (χ1) is 12.2. The summed E-state index contributed by atoms with van der Waals surface area (Å²) in [6, 6.07) is 15.6. The van der Waals surface area contributed by atoms with E-state index < -0.39 is 7.12 Å². The molecule has 0 saturated heterocycles. The van der Waals surface area contributed by atoms with Crippen LogP contribution in [0.2, 0.25) is 0 Å². The second-order valence-electron chi connectivity index (χ2n) is 6.11. The molecule has 0 bridgehead atoms. The molecule has 0 fully saturated rings. The van der Waals surface area contributed by atoms with E-state index in [2.05, 4.69) is 30.9 Å². The Hall–Kier alpha value is -2.48. The number of furan rings is 1. The molecule has 0 radical (unpaired) electrons. The van der Waals surface area contributed by atoms with Crippen molar-refractivity contribution >= 4 is 23.7 Å². The smallest absolute Gasteiger partial charge is 0.465 e. The molecule has 0 aliphatic carbocycles. The van der Waals surface area contributed by atoms with Gasteiger partial charge in [-0.25, -0.2) is 0 Å². The molecule has 2 aromatic carbocycles. The van der Waals surface area contributed by atoms with Crippen LogP contribution in [0.15, 0.2) is 52.9 Å². The summed E-state index contributed by atoms with van der Waals surface area (Å²) in [6.45, 7) is 2.19. The maximum atomic E-state index is 9.21. The number of rotatable bonds is 5. The van der Waals surface area contributed by atoms with Crippen LogP contribution in [0.1, 0.15) is 38.2 Å². The second-order valence-corrected chi connectivity index (χ2v) is 6.11. The summed E-state index contributed by atoms with van der Waals surface area (Å²) in [6.07, 6.45) is 4.57. The van der Waals surface area contributed by atoms with Crippen LogP contribution in [0.3, 0.4) is 0 Å². The van der Waals surface area contributed by atoms with Gasteiger partial charge in [0.15, 0.2) is 0 Å². The van der Waals surface area contributed by atoms with Crippen LogP contribution < -0.4 is 5.66 Å². The molecule has 0 aliphatic heterocycles. The standard InChI is InChI=1S/C21H21BO3/c1-2-3-4-5-6-7-16-8-10-17(11-9-16)18-12-13-20-19(14-18)15-21(25-20)22(23)24/h8-15,23-24H,2-5H2,1H3. The Labute approximate surface area is 148 Å². The van der Waals surface area contributed by atoms with E-state index in [-0.39, 0.29) is 5.66 Å². The summed E-state index contributed by atoms with van der Waals surface area (Å²) in [4.78, 5) is 0. The summed E-state index contributed by atoms with van der Waals surface area (Å²) in [5.41, 5.74) is 3.96. The molecule has 4 heteroatoms. The summed E-state index contributed by atoms with van der Waals surface area (Å²) < 4.78 is 5.39. The molecule has 3 rings (SSSR count). The quantitative estimate of drug-likeness (QED) is 0.425. The van der Waals surface area contributed by atoms with Gasteiger partial charge in [-0.05, 0) is 47.9 Å². The minimum atomic E-state index is -1.59. The van der Waals surface area contributed by atoms with E-state index in [1.165, 1.54) is 12.8 Å². The minimum Gasteiger partial charge on any atom is -0.465 e. The first kappa shape index (κ1) is 17.4. The molecule has 3 aromatic rings. The topological polar surface area (TPSA) is 53.6 Å². The third-order valence-corrected chi connectivity index (χ3v) is 4.15. The van der Waals surface area contributed by atoms with Gasteiger partial charge in [0, 0.05) is 17.4 Å². The molecule has 0 atom stereocenters. The van der Waals surface area contributed by atoms with Crippen molar-refractivity contribution in [3.05, 3.63) is 54.1 Å². The van der Waals surface area contributed by atoms with Gasteiger partial charge >= 0.3 is 7.12 Å². The van der Waals surface area contributed by atoms with Gasteiger partial charge in [-0.2, -0.15) is 0 Å². The van der Waals surface area contributed by atoms with Crippen LogP contribution in [-0.2, 0) is 0 Å². The van der Waals surface area contributed by atoms with Crippen molar-refractivity contribution in [3.8, 4) is 23.0 Å². The molecule has 1 heterocycles. The Morgan fingerprint density at radius 2 is 1.72 bits per heavy atom. The number of fused-ring (bicyclic) bond motifs is 1. The van der Waals surface area contributed by atoms with Crippen molar-refractivity contribution in [2.75, 3.05) is 0 Å². The van der Waals surface area contributed by atoms with Crippen LogP contribution in [0.5, 0.6) is 0 Å². The lowest BCUT2D eigenvalue weighted by atomic mass is 9.88. The molecule has 126 valence electrons. The summed E-state index contributed by atoms with van der Waals surface area (Å²) >= 11 is 0. The average molecular weight is 332 g/mol. The van der Waals surface area contributed by atoms with Crippen molar-refractivity contribution < 1.29 is 14.5 Å². The van der Waals surface area contributed by atoms with Crippen molar-refractivity contribution in [2.24, 2.45) is 0 Å². The van der Waals surface area contributed by atoms with E-state index in [0.717, 1.165) is 34.9 Å². The van der Waals surface area contributed by atoms with E-state index in [0.29, 0.717) is 5.58 Å². The van der Waals surface area contributed by atoms with E-state index in [1.54, 1.807) is 6.07 Å². The lowest BCUT2D eigenvalue weighted by molar-refractivity contribution is 0.412. The molecule has 0 unspecified atom stereocenters. The van der Waals surface area contributed by atoms with Gasteiger partial charge in [0.05, 0.1) is 0 Å². The van der Waals surface area contributed by atoms with Gasteiger partial charge in [0.2, 0.25) is 0 Å². The van der Waals surface area contributed by atoms with Crippen LogP contribution >= 0.6 is 0 Å². The number of hydrogen-bond donors (Lipinski definition) is 2. The van der Waals surface area contributed by atoms with Gasteiger partial charge in [-0.3, -0.25) is 0 Å². The van der Waals surface area contributed by atoms with Crippen molar-refractivity contribution in [1.29, 1.82) is 0 Å². The lowest BCUT2D eigenvalue weighted by Gasteiger charge is -2.02. The molecule has 0 spiro atoms. The zero-order valence-corrected chi connectivity index (χ0v) is 14.3. The fraction of sp³-hybridized carbons (Fsp3) is 0.238. The van der Waals surface area contributed by atoms with E-state index in [4.69, 9.17) is 4.42 Å². The van der Waals surface area contributed by atoms with Crippen LogP contribution in [0, 0.1) is 11.8 Å². The van der Waals surface area contributed by atoms with Crippen molar-refractivity contribution in [3.63, 3.8) is 0 Å². The number of unbranched alkanes of at least 4 members (excludes halogenated alkanes) is 3. The highest BCUT2D eigenvalue weighted by Gasteiger charge is 2.17. The normalized spacial score (nSPS) is 10.5. The summed E-state index contributed by atoms with van der Waals surface area (Å²) in [5, 5.41) is 19.3. The Morgan fingerprint density at radius 3 is 2.44 bits per heavy atom. The molecule has 0 amide bonds. The number of benzene rings is 2. The Morgan fingerprint density at radius 1 is 0.960 bits per heavy atom. The van der Waals surface area contributed by atoms with Gasteiger partial charge in [0.25, 0.3) is 0 Å². The molecule has 0 aliphatic rings. The Kier molecular flexibility index (Phi) is 5.60. The van der Waals surface area contributed by atoms with Gasteiger partial charge < -0.3 is 14.5 Å². The van der Waals surface area contributed by atoms with Crippen molar-refractivity contribution in [1.82, 2.24) is 0 Å². The fourth-order valence-corrected chi connectivity index (χ4v) is 2.74. The van der Waals surface area contributed by atoms with Crippen LogP contribution in [0.25, 0.3) is 22.1 Å². The highest BCUT2D eigenvalue weighted by atomic mass is 16.4. The van der Waals surface area contributed by atoms with E-state index >= 15 is 0 Å². The van der Waals surface area contributed by atoms with Crippen LogP contribution in [-0.4, -0.2) is 17.2 Å². The van der Waals surface area contributed by atoms with E-state index in [9.17, 15) is 10.0 Å². The molecule has 25 heavy (non-hydrogen) atoms. The van der Waals surface area contributed by atoms with Gasteiger partial charge in [-0.1, -0.05) is 49.8 Å². The second kappa shape index (κ2) is 8.07. The van der Waals surface area contributed by atoms with E-state index in [1.807, 2.05) is 30.3 Å². The monoisotopic (exact) mass is 332 g/mol. The highest BCUT2D eigenvalue weighted by molar-refractivity contribution is 6.57. The lowest BCUT2D eigenvalue weighted by Crippen LogP contribution is -2.27. The summed E-state index contributed by atoms with van der Waals surface area (Å²) in [5.74, 6) is 6.43.